The molecule has 3 rings (SSSR count). The zero-order valence-corrected chi connectivity index (χ0v) is 12.7. The van der Waals surface area contributed by atoms with E-state index >= 15 is 0 Å². The lowest BCUT2D eigenvalue weighted by molar-refractivity contribution is 0.592. The number of benzene rings is 2. The summed E-state index contributed by atoms with van der Waals surface area (Å²) in [6.45, 7) is 0. The summed E-state index contributed by atoms with van der Waals surface area (Å²) in [5.74, 6) is 0.906. The standard InChI is InChI=1S/C17H18ClN3/c1-21-16-10-8-13(18)11-15(16)20-17(21)14(19)9-7-12-5-3-2-4-6-12/h2-6,8,10-11,14H,7,9,19H2,1H3. The van der Waals surface area contributed by atoms with Crippen LogP contribution in [-0.4, -0.2) is 9.55 Å². The maximum Gasteiger partial charge on any atom is 0.126 e. The minimum Gasteiger partial charge on any atom is -0.330 e. The van der Waals surface area contributed by atoms with Crippen molar-refractivity contribution >= 4 is 22.6 Å². The second-order valence-electron chi connectivity index (χ2n) is 5.29. The number of fused-ring (bicyclic) bond motifs is 1. The van der Waals surface area contributed by atoms with Gasteiger partial charge < -0.3 is 10.3 Å². The fourth-order valence-electron chi connectivity index (χ4n) is 2.62. The Morgan fingerprint density at radius 2 is 1.95 bits per heavy atom. The predicted molar refractivity (Wildman–Crippen MR) is 87.4 cm³/mol. The topological polar surface area (TPSA) is 43.8 Å². The molecule has 0 spiro atoms. The van der Waals surface area contributed by atoms with Gasteiger partial charge in [-0.15, -0.1) is 0 Å². The molecule has 2 N–H and O–H groups in total. The van der Waals surface area contributed by atoms with E-state index in [9.17, 15) is 0 Å². The van der Waals surface area contributed by atoms with Gasteiger partial charge in [-0.2, -0.15) is 0 Å². The van der Waals surface area contributed by atoms with Gasteiger partial charge in [0.05, 0.1) is 17.1 Å². The summed E-state index contributed by atoms with van der Waals surface area (Å²) < 4.78 is 2.06. The lowest BCUT2D eigenvalue weighted by atomic mass is 10.1. The lowest BCUT2D eigenvalue weighted by Gasteiger charge is -2.11. The van der Waals surface area contributed by atoms with Crippen LogP contribution in [0.4, 0.5) is 0 Å². The maximum atomic E-state index is 6.33. The third-order valence-corrected chi connectivity index (χ3v) is 4.03. The fraction of sp³-hybridized carbons (Fsp3) is 0.235. The summed E-state index contributed by atoms with van der Waals surface area (Å²) in [6.07, 6.45) is 1.82. The van der Waals surface area contributed by atoms with Crippen LogP contribution in [-0.2, 0) is 13.5 Å². The third kappa shape index (κ3) is 2.94. The highest BCUT2D eigenvalue weighted by Crippen LogP contribution is 2.23. The molecule has 1 atom stereocenters. The number of nitrogens with zero attached hydrogens (tertiary/aromatic N) is 2. The molecule has 1 heterocycles. The number of aromatic nitrogens is 2. The van der Waals surface area contributed by atoms with Crippen LogP contribution in [0.25, 0.3) is 11.0 Å². The maximum absolute atomic E-state index is 6.33. The van der Waals surface area contributed by atoms with Gasteiger partial charge in [0.15, 0.2) is 0 Å². The number of halogens is 1. The summed E-state index contributed by atoms with van der Waals surface area (Å²) in [7, 11) is 2.00. The van der Waals surface area contributed by atoms with Gasteiger partial charge in [-0.05, 0) is 36.6 Å². The van der Waals surface area contributed by atoms with Crippen molar-refractivity contribution in [3.8, 4) is 0 Å². The van der Waals surface area contributed by atoms with Crippen LogP contribution < -0.4 is 5.73 Å². The van der Waals surface area contributed by atoms with Crippen molar-refractivity contribution in [3.63, 3.8) is 0 Å². The minimum absolute atomic E-state index is 0.0821. The van der Waals surface area contributed by atoms with Crippen LogP contribution in [0.1, 0.15) is 23.9 Å². The van der Waals surface area contributed by atoms with Gasteiger partial charge in [-0.25, -0.2) is 4.98 Å². The van der Waals surface area contributed by atoms with Crippen molar-refractivity contribution in [3.05, 3.63) is 64.9 Å². The molecule has 0 fully saturated rings. The molecule has 0 radical (unpaired) electrons. The predicted octanol–water partition coefficient (Wildman–Crippen LogP) is 3.86. The van der Waals surface area contributed by atoms with Crippen molar-refractivity contribution < 1.29 is 0 Å². The molecular weight excluding hydrogens is 282 g/mol. The Balaban J connectivity index is 1.81. The van der Waals surface area contributed by atoms with E-state index in [4.69, 9.17) is 17.3 Å². The molecule has 0 amide bonds. The van der Waals surface area contributed by atoms with Crippen LogP contribution >= 0.6 is 11.6 Å². The highest BCUT2D eigenvalue weighted by molar-refractivity contribution is 6.31. The highest BCUT2D eigenvalue weighted by Gasteiger charge is 2.15. The zero-order valence-electron chi connectivity index (χ0n) is 12.0. The van der Waals surface area contributed by atoms with Gasteiger partial charge in [0.1, 0.15) is 5.82 Å². The molecule has 0 aliphatic heterocycles. The summed E-state index contributed by atoms with van der Waals surface area (Å²) in [5.41, 5.74) is 9.59. The summed E-state index contributed by atoms with van der Waals surface area (Å²) >= 11 is 6.02. The Hall–Kier alpha value is -1.84. The molecule has 0 bridgehead atoms. The number of nitrogens with two attached hydrogens (primary N) is 1. The molecule has 3 nitrogen and oxygen atoms in total. The van der Waals surface area contributed by atoms with Crippen LogP contribution in [0.5, 0.6) is 0 Å². The zero-order chi connectivity index (χ0) is 14.8. The van der Waals surface area contributed by atoms with Crippen LogP contribution in [0.15, 0.2) is 48.5 Å². The first-order chi connectivity index (χ1) is 10.1. The monoisotopic (exact) mass is 299 g/mol. The van der Waals surface area contributed by atoms with Crippen LogP contribution in [0.2, 0.25) is 5.02 Å². The molecular formula is C17H18ClN3. The molecule has 1 aromatic heterocycles. The molecule has 0 saturated carbocycles. The summed E-state index contributed by atoms with van der Waals surface area (Å²) in [4.78, 5) is 4.64. The van der Waals surface area contributed by atoms with Crippen molar-refractivity contribution in [2.24, 2.45) is 12.8 Å². The highest BCUT2D eigenvalue weighted by atomic mass is 35.5. The lowest BCUT2D eigenvalue weighted by Crippen LogP contribution is -2.16. The number of hydrogen-bond donors (Lipinski definition) is 1. The summed E-state index contributed by atoms with van der Waals surface area (Å²) in [6, 6.07) is 16.0. The second-order valence-corrected chi connectivity index (χ2v) is 5.73. The Labute approximate surface area is 129 Å². The van der Waals surface area contributed by atoms with Gasteiger partial charge in [-0.3, -0.25) is 0 Å². The normalized spacial score (nSPS) is 12.7. The second kappa shape index (κ2) is 5.88. The number of hydrogen-bond acceptors (Lipinski definition) is 2. The van der Waals surface area contributed by atoms with Crippen LogP contribution in [0.3, 0.4) is 0 Å². The Morgan fingerprint density at radius 3 is 2.71 bits per heavy atom. The van der Waals surface area contributed by atoms with Crippen molar-refractivity contribution in [1.82, 2.24) is 9.55 Å². The molecule has 21 heavy (non-hydrogen) atoms. The van der Waals surface area contributed by atoms with E-state index in [1.807, 2.05) is 31.3 Å². The van der Waals surface area contributed by atoms with Gasteiger partial charge in [0.2, 0.25) is 0 Å². The molecule has 0 aliphatic rings. The molecule has 0 saturated heterocycles. The molecule has 1 unspecified atom stereocenters. The first-order valence-electron chi connectivity index (χ1n) is 7.06. The quantitative estimate of drug-likeness (QED) is 0.795. The summed E-state index contributed by atoms with van der Waals surface area (Å²) in [5, 5.41) is 0.699. The van der Waals surface area contributed by atoms with Crippen molar-refractivity contribution in [1.29, 1.82) is 0 Å². The van der Waals surface area contributed by atoms with Crippen molar-refractivity contribution in [2.75, 3.05) is 0 Å². The van der Waals surface area contributed by atoms with Crippen molar-refractivity contribution in [2.45, 2.75) is 18.9 Å². The van der Waals surface area contributed by atoms with E-state index < -0.39 is 0 Å². The molecule has 0 aliphatic carbocycles. The Bertz CT molecular complexity index is 749. The van der Waals surface area contributed by atoms with E-state index in [-0.39, 0.29) is 6.04 Å². The van der Waals surface area contributed by atoms with E-state index in [0.29, 0.717) is 5.02 Å². The van der Waals surface area contributed by atoms with Crippen LogP contribution in [0, 0.1) is 0 Å². The van der Waals surface area contributed by atoms with E-state index in [0.717, 1.165) is 29.7 Å². The Morgan fingerprint density at radius 1 is 1.19 bits per heavy atom. The first kappa shape index (κ1) is 14.1. The van der Waals surface area contributed by atoms with Gasteiger partial charge in [0.25, 0.3) is 0 Å². The third-order valence-electron chi connectivity index (χ3n) is 3.80. The minimum atomic E-state index is -0.0821. The molecule has 3 aromatic rings. The molecule has 4 heteroatoms. The van der Waals surface area contributed by atoms with Gasteiger partial charge in [0, 0.05) is 12.1 Å². The van der Waals surface area contributed by atoms with E-state index in [1.54, 1.807) is 0 Å². The number of rotatable bonds is 4. The number of aryl methyl sites for hydroxylation is 2. The molecule has 2 aromatic carbocycles. The Kier molecular flexibility index (Phi) is 3.95. The molecule has 108 valence electrons. The van der Waals surface area contributed by atoms with Gasteiger partial charge >= 0.3 is 0 Å². The van der Waals surface area contributed by atoms with Gasteiger partial charge in [-0.1, -0.05) is 41.9 Å². The average molecular weight is 300 g/mol. The fourth-order valence-corrected chi connectivity index (χ4v) is 2.79. The average Bonchev–Trinajstić information content (AvgIpc) is 2.82. The largest absolute Gasteiger partial charge is 0.330 e. The SMILES string of the molecule is Cn1c(C(N)CCc2ccccc2)nc2cc(Cl)ccc21. The smallest absolute Gasteiger partial charge is 0.126 e. The number of imidazole rings is 1. The first-order valence-corrected chi connectivity index (χ1v) is 7.44. The van der Waals surface area contributed by atoms with E-state index in [1.165, 1.54) is 5.56 Å². The van der Waals surface area contributed by atoms with E-state index in [2.05, 4.69) is 33.8 Å².